The number of carbonyl (C=O) groups is 3. The van der Waals surface area contributed by atoms with Crippen LogP contribution in [0.25, 0.3) is 10.8 Å². The van der Waals surface area contributed by atoms with Gasteiger partial charge in [-0.15, -0.1) is 0 Å². The molecule has 38 heavy (non-hydrogen) atoms. The van der Waals surface area contributed by atoms with E-state index in [0.717, 1.165) is 0 Å². The van der Waals surface area contributed by atoms with E-state index in [9.17, 15) is 24.8 Å². The number of ketones is 1. The van der Waals surface area contributed by atoms with Crippen molar-refractivity contribution in [1.82, 2.24) is 0 Å². The van der Waals surface area contributed by atoms with Crippen LogP contribution in [0.2, 0.25) is 0 Å². The Kier molecular flexibility index (Phi) is 5.42. The molecule has 5 unspecified atom stereocenters. The monoisotopic (exact) mass is 510 g/mol. The highest BCUT2D eigenvalue weighted by Gasteiger charge is 2.77. The normalized spacial score (nSPS) is 29.5. The molecule has 3 aliphatic heterocycles. The number of hydrogen-bond donors (Lipinski definition) is 1. The van der Waals surface area contributed by atoms with Gasteiger partial charge in [0, 0.05) is 29.2 Å². The van der Waals surface area contributed by atoms with Crippen LogP contribution in [-0.4, -0.2) is 46.6 Å². The molecule has 3 aromatic rings. The summed E-state index contributed by atoms with van der Waals surface area (Å²) in [5, 5.41) is 21.8. The lowest BCUT2D eigenvalue weighted by Gasteiger charge is -2.33. The Bertz CT molecular complexity index is 1540. The maximum absolute atomic E-state index is 14.0. The number of benzene rings is 3. The highest BCUT2D eigenvalue weighted by atomic mass is 16.6. The second-order valence-corrected chi connectivity index (χ2v) is 10.5. The molecule has 8 heteroatoms. The molecule has 0 aromatic heterocycles. The molecule has 6 rings (SSSR count). The Morgan fingerprint density at radius 1 is 1.08 bits per heavy atom. The number of fused-ring (bicyclic) bond motifs is 6. The second kappa shape index (κ2) is 8.48. The zero-order valence-corrected chi connectivity index (χ0v) is 21.0. The number of aliphatic hydroxyl groups is 1. The summed E-state index contributed by atoms with van der Waals surface area (Å²) in [6.07, 6.45) is -0.387. The molecule has 3 fully saturated rings. The molecule has 3 aliphatic rings. The second-order valence-electron chi connectivity index (χ2n) is 10.5. The predicted octanol–water partition coefficient (Wildman–Crippen LogP) is 3.78. The van der Waals surface area contributed by atoms with Crippen LogP contribution in [0, 0.1) is 23.2 Å². The van der Waals surface area contributed by atoms with Crippen LogP contribution < -0.4 is 9.64 Å². The first-order chi connectivity index (χ1) is 18.2. The minimum Gasteiger partial charge on any atom is -0.493 e. The van der Waals surface area contributed by atoms with E-state index in [1.807, 2.05) is 6.07 Å². The lowest BCUT2D eigenvalue weighted by atomic mass is 9.66. The minimum atomic E-state index is -1.20. The number of hydrogen-bond acceptors (Lipinski definition) is 7. The van der Waals surface area contributed by atoms with E-state index in [1.54, 1.807) is 61.5 Å². The van der Waals surface area contributed by atoms with Gasteiger partial charge in [0.1, 0.15) is 11.4 Å². The third kappa shape index (κ3) is 3.32. The van der Waals surface area contributed by atoms with Crippen molar-refractivity contribution in [3.05, 3.63) is 71.8 Å². The lowest BCUT2D eigenvalue weighted by Crippen LogP contribution is -2.49. The van der Waals surface area contributed by atoms with Gasteiger partial charge in [-0.3, -0.25) is 14.4 Å². The molecule has 0 spiro atoms. The van der Waals surface area contributed by atoms with E-state index in [0.29, 0.717) is 39.8 Å². The van der Waals surface area contributed by atoms with Gasteiger partial charge >= 0.3 is 0 Å². The van der Waals surface area contributed by atoms with E-state index >= 15 is 0 Å². The van der Waals surface area contributed by atoms with Crippen LogP contribution in [0.1, 0.15) is 42.6 Å². The lowest BCUT2D eigenvalue weighted by molar-refractivity contribution is -0.134. The van der Waals surface area contributed by atoms with Crippen molar-refractivity contribution in [2.75, 3.05) is 11.5 Å². The minimum absolute atomic E-state index is 0.0379. The Labute approximate surface area is 219 Å². The van der Waals surface area contributed by atoms with Crippen LogP contribution >= 0.6 is 0 Å². The van der Waals surface area contributed by atoms with Crippen molar-refractivity contribution in [2.24, 2.45) is 11.8 Å². The SMILES string of the molecule is CC(=O)c1ccc(OCCC23CC(O)C(C)(O2)C2C(=O)N(c4ccc(C#N)c5ccccc45)C(=O)C23)cc1. The average Bonchev–Trinajstić information content (AvgIpc) is 3.44. The smallest absolute Gasteiger partial charge is 0.240 e. The Morgan fingerprint density at radius 3 is 2.45 bits per heavy atom. The van der Waals surface area contributed by atoms with Crippen molar-refractivity contribution < 1.29 is 29.0 Å². The van der Waals surface area contributed by atoms with Gasteiger partial charge in [0.05, 0.1) is 47.5 Å². The van der Waals surface area contributed by atoms with Gasteiger partial charge < -0.3 is 14.6 Å². The fourth-order valence-corrected chi connectivity index (χ4v) is 6.56. The summed E-state index contributed by atoms with van der Waals surface area (Å²) in [6, 6.07) is 19.4. The third-order valence-corrected chi connectivity index (χ3v) is 8.43. The molecule has 192 valence electrons. The van der Waals surface area contributed by atoms with Crippen molar-refractivity contribution in [2.45, 2.75) is 44.0 Å². The quantitative estimate of drug-likeness (QED) is 0.396. The number of nitrogens with zero attached hydrogens (tertiary/aromatic N) is 2. The number of anilines is 1. The molecule has 2 bridgehead atoms. The molecule has 5 atom stereocenters. The number of ether oxygens (including phenoxy) is 2. The van der Waals surface area contributed by atoms with Gasteiger partial charge in [0.25, 0.3) is 0 Å². The summed E-state index contributed by atoms with van der Waals surface area (Å²) in [5.41, 5.74) is -0.782. The van der Waals surface area contributed by atoms with Crippen LogP contribution in [-0.2, 0) is 14.3 Å². The topological polar surface area (TPSA) is 117 Å². The highest BCUT2D eigenvalue weighted by Crippen LogP contribution is 2.62. The predicted molar refractivity (Wildman–Crippen MR) is 138 cm³/mol. The number of carbonyl (C=O) groups excluding carboxylic acids is 3. The maximum atomic E-state index is 14.0. The van der Waals surface area contributed by atoms with E-state index < -0.39 is 35.0 Å². The van der Waals surface area contributed by atoms with Gasteiger partial charge in [-0.2, -0.15) is 5.26 Å². The van der Waals surface area contributed by atoms with Crippen LogP contribution in [0.3, 0.4) is 0 Å². The average molecular weight is 511 g/mol. The summed E-state index contributed by atoms with van der Waals surface area (Å²) in [4.78, 5) is 40.6. The number of rotatable bonds is 6. The summed E-state index contributed by atoms with van der Waals surface area (Å²) in [7, 11) is 0. The number of amides is 2. The van der Waals surface area contributed by atoms with Gasteiger partial charge in [-0.05, 0) is 50.2 Å². The zero-order chi connectivity index (χ0) is 26.8. The van der Waals surface area contributed by atoms with Crippen LogP contribution in [0.15, 0.2) is 60.7 Å². The van der Waals surface area contributed by atoms with E-state index in [-0.39, 0.29) is 24.7 Å². The molecule has 3 aromatic carbocycles. The van der Waals surface area contributed by atoms with Gasteiger partial charge in [0.2, 0.25) is 11.8 Å². The largest absolute Gasteiger partial charge is 0.493 e. The summed E-state index contributed by atoms with van der Waals surface area (Å²) in [5.74, 6) is -1.83. The Balaban J connectivity index is 1.32. The fourth-order valence-electron chi connectivity index (χ4n) is 6.56. The Hall–Kier alpha value is -4.06. The molecule has 0 aliphatic carbocycles. The Morgan fingerprint density at radius 2 is 1.76 bits per heavy atom. The molecule has 2 amide bonds. The van der Waals surface area contributed by atoms with E-state index in [2.05, 4.69) is 6.07 Å². The van der Waals surface area contributed by atoms with Gasteiger partial charge in [-0.25, -0.2) is 4.90 Å². The molecule has 0 saturated carbocycles. The summed E-state index contributed by atoms with van der Waals surface area (Å²) >= 11 is 0. The number of aliphatic hydroxyl groups excluding tert-OH is 1. The molecule has 1 N–H and O–H groups in total. The standard InChI is InChI=1S/C30H26N2O6/c1-17(33)18-7-10-20(11-8-18)37-14-13-30-15-24(34)29(2,38-30)25-26(30)28(36)32(27(25)35)23-12-9-19(16-31)21-5-3-4-6-22(21)23/h3-12,24-26,34H,13-15H2,1-2H3. The molecule has 0 radical (unpaired) electrons. The maximum Gasteiger partial charge on any atom is 0.240 e. The van der Waals surface area contributed by atoms with Crippen LogP contribution in [0.4, 0.5) is 5.69 Å². The van der Waals surface area contributed by atoms with Gasteiger partial charge in [-0.1, -0.05) is 24.3 Å². The first-order valence-corrected chi connectivity index (χ1v) is 12.6. The molecule has 3 heterocycles. The molecule has 8 nitrogen and oxygen atoms in total. The van der Waals surface area contributed by atoms with E-state index in [4.69, 9.17) is 9.47 Å². The van der Waals surface area contributed by atoms with Crippen molar-refractivity contribution in [3.63, 3.8) is 0 Å². The highest BCUT2D eigenvalue weighted by molar-refractivity contribution is 6.26. The van der Waals surface area contributed by atoms with Crippen molar-refractivity contribution in [3.8, 4) is 11.8 Å². The first kappa shape index (κ1) is 24.3. The van der Waals surface area contributed by atoms with Crippen molar-refractivity contribution >= 4 is 34.1 Å². The van der Waals surface area contributed by atoms with Crippen LogP contribution in [0.5, 0.6) is 5.75 Å². The van der Waals surface area contributed by atoms with E-state index in [1.165, 1.54) is 11.8 Å². The third-order valence-electron chi connectivity index (χ3n) is 8.43. The fraction of sp³-hybridized carbons (Fsp3) is 0.333. The summed E-state index contributed by atoms with van der Waals surface area (Å²) < 4.78 is 12.3. The molecule has 3 saturated heterocycles. The number of Topliss-reactive ketones (excluding diaryl/α,β-unsaturated/α-hetero) is 1. The molecular formula is C30H26N2O6. The summed E-state index contributed by atoms with van der Waals surface area (Å²) in [6.45, 7) is 3.40. The van der Waals surface area contributed by atoms with Gasteiger partial charge in [0.15, 0.2) is 5.78 Å². The van der Waals surface area contributed by atoms with Crippen molar-refractivity contribution in [1.29, 1.82) is 5.26 Å². The number of imide groups is 1. The number of nitriles is 1. The zero-order valence-electron chi connectivity index (χ0n) is 21.0. The first-order valence-electron chi connectivity index (χ1n) is 12.6. The molecular weight excluding hydrogens is 484 g/mol.